The summed E-state index contributed by atoms with van der Waals surface area (Å²) in [6, 6.07) is 14.6. The number of fused-ring (bicyclic) bond motifs is 1. The quantitative estimate of drug-likeness (QED) is 0.789. The van der Waals surface area contributed by atoms with Crippen LogP contribution in [0.2, 0.25) is 0 Å². The Morgan fingerprint density at radius 1 is 1.00 bits per heavy atom. The summed E-state index contributed by atoms with van der Waals surface area (Å²) >= 11 is 0. The lowest BCUT2D eigenvalue weighted by atomic mass is 10.0. The molecule has 1 aromatic heterocycles. The molecular weight excluding hydrogens is 246 g/mol. The van der Waals surface area contributed by atoms with Crippen LogP contribution in [0.5, 0.6) is 0 Å². The average molecular weight is 263 g/mol. The zero-order chi connectivity index (χ0) is 13.9. The van der Waals surface area contributed by atoms with Gasteiger partial charge < -0.3 is 5.73 Å². The third kappa shape index (κ3) is 2.53. The first kappa shape index (κ1) is 12.8. The number of hydrogen-bond donors (Lipinski definition) is 1. The molecule has 0 aliphatic rings. The van der Waals surface area contributed by atoms with Gasteiger partial charge in [0.15, 0.2) is 5.82 Å². The van der Waals surface area contributed by atoms with Crippen molar-refractivity contribution in [2.75, 3.05) is 0 Å². The lowest BCUT2D eigenvalue weighted by Crippen LogP contribution is -2.18. The highest BCUT2D eigenvalue weighted by Gasteiger charge is 2.06. The normalized spacial score (nSPS) is 12.5. The first-order chi connectivity index (χ1) is 9.74. The van der Waals surface area contributed by atoms with Gasteiger partial charge in [0.25, 0.3) is 0 Å². The number of rotatable bonds is 3. The van der Waals surface area contributed by atoms with Crippen molar-refractivity contribution in [3.63, 3.8) is 0 Å². The third-order valence-electron chi connectivity index (χ3n) is 3.29. The van der Waals surface area contributed by atoms with E-state index >= 15 is 0 Å². The highest BCUT2D eigenvalue weighted by Crippen LogP contribution is 2.25. The maximum atomic E-state index is 5.79. The largest absolute Gasteiger partial charge is 0.328 e. The Morgan fingerprint density at radius 3 is 2.45 bits per heavy atom. The van der Waals surface area contributed by atoms with E-state index in [1.165, 1.54) is 10.8 Å². The van der Waals surface area contributed by atoms with Gasteiger partial charge >= 0.3 is 0 Å². The third-order valence-corrected chi connectivity index (χ3v) is 3.29. The summed E-state index contributed by atoms with van der Waals surface area (Å²) in [5.74, 6) is 0.759. The van der Waals surface area contributed by atoms with Crippen molar-refractivity contribution in [1.82, 2.24) is 9.97 Å². The molecule has 0 aliphatic carbocycles. The van der Waals surface area contributed by atoms with Crippen LogP contribution in [0.15, 0.2) is 54.9 Å². The molecule has 3 nitrogen and oxygen atoms in total. The number of nitrogens with zero attached hydrogens (tertiary/aromatic N) is 2. The van der Waals surface area contributed by atoms with E-state index in [0.29, 0.717) is 0 Å². The molecular formula is C17H17N3. The van der Waals surface area contributed by atoms with Gasteiger partial charge in [-0.15, -0.1) is 0 Å². The van der Waals surface area contributed by atoms with Crippen LogP contribution in [0.4, 0.5) is 0 Å². The Bertz CT molecular complexity index is 712. The minimum Gasteiger partial charge on any atom is -0.328 e. The molecule has 100 valence electrons. The maximum Gasteiger partial charge on any atom is 0.159 e. The number of nitrogens with two attached hydrogens (primary N) is 1. The van der Waals surface area contributed by atoms with Crippen LogP contribution in [-0.4, -0.2) is 16.0 Å². The van der Waals surface area contributed by atoms with E-state index in [4.69, 9.17) is 5.73 Å². The molecule has 0 fully saturated rings. The summed E-state index contributed by atoms with van der Waals surface area (Å²) in [4.78, 5) is 8.97. The van der Waals surface area contributed by atoms with Gasteiger partial charge in [0.1, 0.15) is 0 Å². The Morgan fingerprint density at radius 2 is 1.70 bits per heavy atom. The van der Waals surface area contributed by atoms with Crippen molar-refractivity contribution in [2.24, 2.45) is 5.73 Å². The number of aromatic nitrogens is 2. The van der Waals surface area contributed by atoms with Crippen LogP contribution in [0.3, 0.4) is 0 Å². The summed E-state index contributed by atoms with van der Waals surface area (Å²) in [7, 11) is 0. The van der Waals surface area contributed by atoms with E-state index < -0.39 is 0 Å². The van der Waals surface area contributed by atoms with Crippen molar-refractivity contribution >= 4 is 10.8 Å². The fraction of sp³-hybridized carbons (Fsp3) is 0.176. The summed E-state index contributed by atoms with van der Waals surface area (Å²) in [6.45, 7) is 1.98. The Hall–Kier alpha value is -2.26. The second kappa shape index (κ2) is 5.39. The number of benzene rings is 2. The molecule has 2 aromatic carbocycles. The SMILES string of the molecule is CC(N)Cc1cnc(-c2cccc3ccccc23)nc1. The van der Waals surface area contributed by atoms with Crippen LogP contribution in [-0.2, 0) is 6.42 Å². The molecule has 3 aromatic rings. The van der Waals surface area contributed by atoms with Crippen molar-refractivity contribution in [3.8, 4) is 11.4 Å². The first-order valence-electron chi connectivity index (χ1n) is 6.78. The summed E-state index contributed by atoms with van der Waals surface area (Å²) < 4.78 is 0. The average Bonchev–Trinajstić information content (AvgIpc) is 2.47. The molecule has 0 spiro atoms. The van der Waals surface area contributed by atoms with Crippen molar-refractivity contribution in [2.45, 2.75) is 19.4 Å². The first-order valence-corrected chi connectivity index (χ1v) is 6.78. The molecule has 0 saturated heterocycles. The molecule has 1 unspecified atom stereocenters. The molecule has 2 N–H and O–H groups in total. The van der Waals surface area contributed by atoms with Crippen molar-refractivity contribution in [1.29, 1.82) is 0 Å². The van der Waals surface area contributed by atoms with Crippen LogP contribution in [0.1, 0.15) is 12.5 Å². The predicted octanol–water partition coefficient (Wildman–Crippen LogP) is 3.19. The summed E-state index contributed by atoms with van der Waals surface area (Å²) in [5.41, 5.74) is 7.93. The van der Waals surface area contributed by atoms with Crippen molar-refractivity contribution < 1.29 is 0 Å². The molecule has 3 rings (SSSR count). The molecule has 0 amide bonds. The van der Waals surface area contributed by atoms with Crippen LogP contribution in [0, 0.1) is 0 Å². The molecule has 0 saturated carbocycles. The van der Waals surface area contributed by atoms with Gasteiger partial charge in [-0.2, -0.15) is 0 Å². The fourth-order valence-corrected chi connectivity index (χ4v) is 2.39. The molecule has 0 radical (unpaired) electrons. The fourth-order valence-electron chi connectivity index (χ4n) is 2.39. The maximum absolute atomic E-state index is 5.79. The second-order valence-electron chi connectivity index (χ2n) is 5.12. The lowest BCUT2D eigenvalue weighted by Gasteiger charge is -2.07. The highest BCUT2D eigenvalue weighted by molar-refractivity contribution is 5.94. The van der Waals surface area contributed by atoms with E-state index in [9.17, 15) is 0 Å². The van der Waals surface area contributed by atoms with Crippen LogP contribution < -0.4 is 5.73 Å². The minimum atomic E-state index is 0.127. The van der Waals surface area contributed by atoms with E-state index in [2.05, 4.69) is 34.2 Å². The molecule has 1 heterocycles. The van der Waals surface area contributed by atoms with Crippen molar-refractivity contribution in [3.05, 3.63) is 60.4 Å². The monoisotopic (exact) mass is 263 g/mol. The zero-order valence-corrected chi connectivity index (χ0v) is 11.5. The standard InChI is InChI=1S/C17H17N3/c1-12(18)9-13-10-19-17(20-11-13)16-8-4-6-14-5-2-3-7-15(14)16/h2-8,10-12H,9,18H2,1H3. The van der Waals surface area contributed by atoms with Gasteiger partial charge in [0, 0.05) is 24.0 Å². The Balaban J connectivity index is 2.03. The van der Waals surface area contributed by atoms with E-state index in [0.717, 1.165) is 23.4 Å². The van der Waals surface area contributed by atoms with Crippen LogP contribution in [0.25, 0.3) is 22.2 Å². The van der Waals surface area contributed by atoms with Gasteiger partial charge in [0.2, 0.25) is 0 Å². The number of hydrogen-bond acceptors (Lipinski definition) is 3. The highest BCUT2D eigenvalue weighted by atomic mass is 14.9. The second-order valence-corrected chi connectivity index (χ2v) is 5.12. The molecule has 0 bridgehead atoms. The van der Waals surface area contributed by atoms with Crippen LogP contribution >= 0.6 is 0 Å². The van der Waals surface area contributed by atoms with E-state index in [-0.39, 0.29) is 6.04 Å². The predicted molar refractivity (Wildman–Crippen MR) is 82.3 cm³/mol. The van der Waals surface area contributed by atoms with Gasteiger partial charge in [-0.05, 0) is 29.7 Å². The van der Waals surface area contributed by atoms with Gasteiger partial charge in [-0.1, -0.05) is 42.5 Å². The zero-order valence-electron chi connectivity index (χ0n) is 11.5. The van der Waals surface area contributed by atoms with Gasteiger partial charge in [-0.25, -0.2) is 9.97 Å². The van der Waals surface area contributed by atoms with Gasteiger partial charge in [-0.3, -0.25) is 0 Å². The molecule has 3 heteroatoms. The molecule has 20 heavy (non-hydrogen) atoms. The smallest absolute Gasteiger partial charge is 0.159 e. The Labute approximate surface area is 118 Å². The molecule has 1 atom stereocenters. The minimum absolute atomic E-state index is 0.127. The summed E-state index contributed by atoms with van der Waals surface area (Å²) in [5, 5.41) is 2.38. The Kier molecular flexibility index (Phi) is 3.44. The van der Waals surface area contributed by atoms with E-state index in [1.807, 2.05) is 37.5 Å². The molecule has 0 aliphatic heterocycles. The van der Waals surface area contributed by atoms with Gasteiger partial charge in [0.05, 0.1) is 0 Å². The lowest BCUT2D eigenvalue weighted by molar-refractivity contribution is 0.732. The summed E-state index contributed by atoms with van der Waals surface area (Å²) in [6.07, 6.45) is 4.54. The van der Waals surface area contributed by atoms with E-state index in [1.54, 1.807) is 0 Å². The topological polar surface area (TPSA) is 51.8 Å².